The van der Waals surface area contributed by atoms with Gasteiger partial charge in [0, 0.05) is 6.21 Å². The summed E-state index contributed by atoms with van der Waals surface area (Å²) in [5.41, 5.74) is 0. The molecule has 0 aliphatic heterocycles. The summed E-state index contributed by atoms with van der Waals surface area (Å²) >= 11 is 0. The van der Waals surface area contributed by atoms with Crippen LogP contribution in [0.4, 0.5) is 0 Å². The number of aliphatic imine (C=N–C) groups is 1. The van der Waals surface area contributed by atoms with Crippen LogP contribution in [-0.4, -0.2) is 33.4 Å². The highest BCUT2D eigenvalue weighted by Gasteiger charge is 2.14. The van der Waals surface area contributed by atoms with Gasteiger partial charge in [-0.2, -0.15) is 0 Å². The summed E-state index contributed by atoms with van der Waals surface area (Å²) in [5.74, 6) is -1.45. The molecule has 0 amide bonds. The van der Waals surface area contributed by atoms with Crippen molar-refractivity contribution in [3.8, 4) is 0 Å². The summed E-state index contributed by atoms with van der Waals surface area (Å²) in [4.78, 5) is 30.8. The second-order valence-corrected chi connectivity index (χ2v) is 4.46. The third-order valence-electron chi connectivity index (χ3n) is 1.63. The van der Waals surface area contributed by atoms with Crippen molar-refractivity contribution in [1.82, 2.24) is 0 Å². The van der Waals surface area contributed by atoms with Crippen molar-refractivity contribution in [3.05, 3.63) is 0 Å². The largest absolute Gasteiger partial charge is 0.481 e. The number of carboxylic acid groups (broad SMARTS) is 1. The molecule has 0 saturated carbocycles. The Labute approximate surface area is 81.8 Å². The number of carbonyl (C=O) groups is 1. The lowest BCUT2D eigenvalue weighted by molar-refractivity contribution is -0.141. The highest BCUT2D eigenvalue weighted by atomic mass is 31.2. The van der Waals surface area contributed by atoms with E-state index in [1.807, 2.05) is 0 Å². The van der Waals surface area contributed by atoms with Crippen molar-refractivity contribution in [1.29, 1.82) is 0 Å². The van der Waals surface area contributed by atoms with Crippen LogP contribution >= 0.6 is 7.60 Å². The molecule has 3 N–H and O–H groups in total. The summed E-state index contributed by atoms with van der Waals surface area (Å²) in [6.07, 6.45) is 1.34. The third kappa shape index (κ3) is 6.77. The van der Waals surface area contributed by atoms with Crippen LogP contribution in [0.25, 0.3) is 0 Å². The Morgan fingerprint density at radius 3 is 2.50 bits per heavy atom. The van der Waals surface area contributed by atoms with E-state index in [0.29, 0.717) is 6.42 Å². The number of hydrogen-bond acceptors (Lipinski definition) is 3. The van der Waals surface area contributed by atoms with Gasteiger partial charge in [-0.05, 0) is 12.8 Å². The topological polar surface area (TPSA) is 107 Å². The van der Waals surface area contributed by atoms with Gasteiger partial charge in [0.15, 0.2) is 0 Å². The second-order valence-electron chi connectivity index (χ2n) is 2.85. The first kappa shape index (κ1) is 13.3. The summed E-state index contributed by atoms with van der Waals surface area (Å²) < 4.78 is 10.3. The molecule has 0 fully saturated rings. The standard InChI is InChI=1S/C7H14NO5P/c1-2-6(7(9)10)3-4-8-5-14(11,12)13/h4,6H,2-3,5H2,1H3,(H,9,10)(H2,11,12,13). The molecular weight excluding hydrogens is 209 g/mol. The monoisotopic (exact) mass is 223 g/mol. The van der Waals surface area contributed by atoms with E-state index < -0.39 is 25.8 Å². The maximum Gasteiger partial charge on any atom is 0.346 e. The van der Waals surface area contributed by atoms with Gasteiger partial charge in [0.2, 0.25) is 0 Å². The minimum atomic E-state index is -4.10. The molecule has 82 valence electrons. The number of carboxylic acids is 1. The van der Waals surface area contributed by atoms with Crippen LogP contribution in [0.15, 0.2) is 4.99 Å². The Balaban J connectivity index is 3.92. The highest BCUT2D eigenvalue weighted by molar-refractivity contribution is 7.51. The molecule has 1 atom stereocenters. The van der Waals surface area contributed by atoms with Crippen molar-refractivity contribution in [2.24, 2.45) is 10.9 Å². The lowest BCUT2D eigenvalue weighted by Gasteiger charge is -2.04. The van der Waals surface area contributed by atoms with E-state index >= 15 is 0 Å². The first-order valence-corrected chi connectivity index (χ1v) is 5.92. The van der Waals surface area contributed by atoms with E-state index in [1.54, 1.807) is 6.92 Å². The molecule has 0 aromatic rings. The first-order chi connectivity index (χ1) is 6.37. The minimum Gasteiger partial charge on any atom is -0.481 e. The zero-order chi connectivity index (χ0) is 11.2. The fraction of sp³-hybridized carbons (Fsp3) is 0.714. The van der Waals surface area contributed by atoms with Gasteiger partial charge >= 0.3 is 13.6 Å². The highest BCUT2D eigenvalue weighted by Crippen LogP contribution is 2.33. The Morgan fingerprint density at radius 2 is 2.14 bits per heavy atom. The van der Waals surface area contributed by atoms with Crippen LogP contribution < -0.4 is 0 Å². The number of hydrogen-bond donors (Lipinski definition) is 3. The minimum absolute atomic E-state index is 0.200. The quantitative estimate of drug-likeness (QED) is 0.453. The van der Waals surface area contributed by atoms with E-state index in [0.717, 1.165) is 0 Å². The van der Waals surface area contributed by atoms with Crippen LogP contribution in [0, 0.1) is 5.92 Å². The molecule has 6 nitrogen and oxygen atoms in total. The molecule has 1 unspecified atom stereocenters. The maximum absolute atomic E-state index is 10.5. The Morgan fingerprint density at radius 1 is 1.57 bits per heavy atom. The van der Waals surface area contributed by atoms with Gasteiger partial charge in [0.25, 0.3) is 0 Å². The van der Waals surface area contributed by atoms with E-state index in [1.165, 1.54) is 6.21 Å². The summed E-state index contributed by atoms with van der Waals surface area (Å²) in [6, 6.07) is 0. The van der Waals surface area contributed by atoms with Crippen molar-refractivity contribution in [2.75, 3.05) is 6.29 Å². The predicted molar refractivity (Wildman–Crippen MR) is 51.4 cm³/mol. The van der Waals surface area contributed by atoms with E-state index in [-0.39, 0.29) is 6.42 Å². The van der Waals surface area contributed by atoms with Gasteiger partial charge in [-0.15, -0.1) is 0 Å². The van der Waals surface area contributed by atoms with E-state index in [9.17, 15) is 9.36 Å². The van der Waals surface area contributed by atoms with Crippen molar-refractivity contribution >= 4 is 19.8 Å². The van der Waals surface area contributed by atoms with Crippen LogP contribution in [-0.2, 0) is 9.36 Å². The molecule has 0 aliphatic rings. The Kier molecular flexibility index (Phi) is 5.60. The molecule has 0 radical (unpaired) electrons. The fourth-order valence-corrected chi connectivity index (χ4v) is 1.14. The lowest BCUT2D eigenvalue weighted by Crippen LogP contribution is -2.12. The molecule has 0 aromatic carbocycles. The molecule has 14 heavy (non-hydrogen) atoms. The summed E-state index contributed by atoms with van der Waals surface area (Å²) in [6.45, 7) is 1.73. The molecular formula is C7H14NO5P. The average molecular weight is 223 g/mol. The molecule has 0 bridgehead atoms. The molecule has 0 spiro atoms. The smallest absolute Gasteiger partial charge is 0.346 e. The molecule has 0 rings (SSSR count). The van der Waals surface area contributed by atoms with Crippen molar-refractivity contribution < 1.29 is 24.3 Å². The number of rotatable bonds is 6. The van der Waals surface area contributed by atoms with Gasteiger partial charge in [-0.3, -0.25) is 14.4 Å². The Hall–Kier alpha value is -0.710. The van der Waals surface area contributed by atoms with Gasteiger partial charge < -0.3 is 14.9 Å². The maximum atomic E-state index is 10.5. The van der Waals surface area contributed by atoms with Crippen molar-refractivity contribution in [2.45, 2.75) is 19.8 Å². The number of aliphatic carboxylic acids is 1. The summed E-state index contributed by atoms with van der Waals surface area (Å²) in [7, 11) is -4.10. The molecule has 0 heterocycles. The van der Waals surface area contributed by atoms with E-state index in [4.69, 9.17) is 14.9 Å². The van der Waals surface area contributed by atoms with E-state index in [2.05, 4.69) is 4.99 Å². The van der Waals surface area contributed by atoms with Crippen LogP contribution in [0.2, 0.25) is 0 Å². The van der Waals surface area contributed by atoms with Crippen molar-refractivity contribution in [3.63, 3.8) is 0 Å². The third-order valence-corrected chi connectivity index (χ3v) is 2.16. The van der Waals surface area contributed by atoms with Gasteiger partial charge in [-0.1, -0.05) is 6.92 Å². The van der Waals surface area contributed by atoms with Crippen LogP contribution in [0.3, 0.4) is 0 Å². The molecule has 0 saturated heterocycles. The van der Waals surface area contributed by atoms with Crippen LogP contribution in [0.1, 0.15) is 19.8 Å². The fourth-order valence-electron chi connectivity index (χ4n) is 0.808. The lowest BCUT2D eigenvalue weighted by atomic mass is 10.0. The normalized spacial score (nSPS) is 14.5. The van der Waals surface area contributed by atoms with Gasteiger partial charge in [0.05, 0.1) is 5.92 Å². The molecule has 0 aliphatic carbocycles. The molecule has 0 aromatic heterocycles. The zero-order valence-corrected chi connectivity index (χ0v) is 8.72. The number of nitrogens with zero attached hydrogens (tertiary/aromatic N) is 1. The van der Waals surface area contributed by atoms with Gasteiger partial charge in [-0.25, -0.2) is 0 Å². The van der Waals surface area contributed by atoms with Crippen LogP contribution in [0.5, 0.6) is 0 Å². The predicted octanol–water partition coefficient (Wildman–Crippen LogP) is 0.693. The SMILES string of the molecule is CCC(CC=NCP(=O)(O)O)C(=O)O. The zero-order valence-electron chi connectivity index (χ0n) is 7.83. The molecule has 7 heteroatoms. The second kappa shape index (κ2) is 5.90. The summed E-state index contributed by atoms with van der Waals surface area (Å²) in [5, 5.41) is 8.62. The first-order valence-electron chi connectivity index (χ1n) is 4.12. The average Bonchev–Trinajstić information content (AvgIpc) is 2.01. The van der Waals surface area contributed by atoms with Gasteiger partial charge in [0.1, 0.15) is 6.29 Å². The Bertz CT molecular complexity index is 259.